The molecule has 7 nitrogen and oxygen atoms in total. The Balaban J connectivity index is 2.08. The molecule has 0 saturated carbocycles. The Kier molecular flexibility index (Phi) is 8.07. The van der Waals surface area contributed by atoms with E-state index in [1.165, 1.54) is 4.57 Å². The van der Waals surface area contributed by atoms with E-state index in [-0.39, 0.29) is 17.9 Å². The van der Waals surface area contributed by atoms with Crippen LogP contribution >= 0.6 is 23.4 Å². The summed E-state index contributed by atoms with van der Waals surface area (Å²) >= 11 is 7.05. The highest BCUT2D eigenvalue weighted by Crippen LogP contribution is 2.20. The fraction of sp³-hybridized carbons (Fsp3) is 0.368. The van der Waals surface area contributed by atoms with Gasteiger partial charge in [0.05, 0.1) is 16.7 Å². The maximum absolute atomic E-state index is 12.7. The third kappa shape index (κ3) is 6.10. The lowest BCUT2D eigenvalue weighted by Crippen LogP contribution is -2.41. The van der Waals surface area contributed by atoms with Crippen molar-refractivity contribution in [3.05, 3.63) is 46.2 Å². The number of amides is 3. The van der Waals surface area contributed by atoms with E-state index in [1.807, 2.05) is 0 Å². The van der Waals surface area contributed by atoms with Gasteiger partial charge in [0.1, 0.15) is 0 Å². The van der Waals surface area contributed by atoms with Crippen LogP contribution in [0.1, 0.15) is 20.3 Å². The number of carbonyl (C=O) groups excluding carboxylic acids is 2. The molecule has 3 amide bonds. The summed E-state index contributed by atoms with van der Waals surface area (Å²) in [5, 5.41) is 6.12. The lowest BCUT2D eigenvalue weighted by atomic mass is 10.1. The van der Waals surface area contributed by atoms with Crippen molar-refractivity contribution in [2.24, 2.45) is 5.92 Å². The summed E-state index contributed by atoms with van der Waals surface area (Å²) in [7, 11) is 0. The van der Waals surface area contributed by atoms with Crippen LogP contribution in [0.25, 0.3) is 10.9 Å². The predicted octanol–water partition coefficient (Wildman–Crippen LogP) is 3.20. The van der Waals surface area contributed by atoms with E-state index in [2.05, 4.69) is 36.0 Å². The van der Waals surface area contributed by atoms with Crippen LogP contribution in [-0.4, -0.2) is 33.8 Å². The van der Waals surface area contributed by atoms with Crippen LogP contribution in [0.3, 0.4) is 0 Å². The minimum Gasteiger partial charge on any atom is -0.338 e. The first kappa shape index (κ1) is 22.0. The Morgan fingerprint density at radius 2 is 2.14 bits per heavy atom. The average molecular weight is 423 g/mol. The van der Waals surface area contributed by atoms with E-state index in [9.17, 15) is 14.4 Å². The van der Waals surface area contributed by atoms with E-state index in [4.69, 9.17) is 11.6 Å². The smallest absolute Gasteiger partial charge is 0.321 e. The summed E-state index contributed by atoms with van der Waals surface area (Å²) < 4.78 is 1.42. The molecule has 0 spiro atoms. The molecule has 9 heteroatoms. The van der Waals surface area contributed by atoms with Crippen molar-refractivity contribution in [3.63, 3.8) is 0 Å². The van der Waals surface area contributed by atoms with Gasteiger partial charge >= 0.3 is 6.03 Å². The number of nitrogens with one attached hydrogen (secondary N) is 2. The quantitative estimate of drug-likeness (QED) is 0.387. The van der Waals surface area contributed by atoms with Gasteiger partial charge in [0.2, 0.25) is 5.91 Å². The van der Waals surface area contributed by atoms with Crippen LogP contribution in [0.4, 0.5) is 4.79 Å². The van der Waals surface area contributed by atoms with Crippen molar-refractivity contribution in [1.82, 2.24) is 20.2 Å². The maximum atomic E-state index is 12.7. The highest BCUT2D eigenvalue weighted by molar-refractivity contribution is 7.99. The van der Waals surface area contributed by atoms with Gasteiger partial charge < -0.3 is 5.32 Å². The zero-order valence-electron chi connectivity index (χ0n) is 15.8. The van der Waals surface area contributed by atoms with Crippen molar-refractivity contribution in [1.29, 1.82) is 0 Å². The molecule has 1 aromatic heterocycles. The standard InChI is InChI=1S/C19H23ClN4O3S/c1-4-9-24-17(26)14-10-13(20)5-6-15(14)22-19(24)28-11-16(25)23-18(27)21-8-7-12(2)3/h4-6,10,12H,1,7-9,11H2,2-3H3,(H2,21,23,25,27). The predicted molar refractivity (Wildman–Crippen MR) is 113 cm³/mol. The molecule has 0 unspecified atom stereocenters. The molecule has 0 aliphatic rings. The third-order valence-corrected chi connectivity index (χ3v) is 5.00. The summed E-state index contributed by atoms with van der Waals surface area (Å²) in [6.45, 7) is 8.50. The second-order valence-corrected chi connectivity index (χ2v) is 7.91. The largest absolute Gasteiger partial charge is 0.338 e. The minimum atomic E-state index is -0.532. The molecule has 0 atom stereocenters. The molecule has 0 fully saturated rings. The van der Waals surface area contributed by atoms with Crippen molar-refractivity contribution in [2.45, 2.75) is 32.0 Å². The number of halogens is 1. The lowest BCUT2D eigenvalue weighted by molar-refractivity contribution is -0.117. The zero-order valence-corrected chi connectivity index (χ0v) is 17.4. The molecular formula is C19H23ClN4O3S. The summed E-state index contributed by atoms with van der Waals surface area (Å²) in [5.41, 5.74) is 0.228. The number of urea groups is 1. The van der Waals surface area contributed by atoms with E-state index < -0.39 is 11.9 Å². The van der Waals surface area contributed by atoms with Gasteiger partial charge in [-0.1, -0.05) is 43.3 Å². The van der Waals surface area contributed by atoms with Crippen molar-refractivity contribution in [3.8, 4) is 0 Å². The first-order chi connectivity index (χ1) is 13.3. The van der Waals surface area contributed by atoms with Crippen LogP contribution in [-0.2, 0) is 11.3 Å². The molecule has 1 aromatic carbocycles. The first-order valence-electron chi connectivity index (χ1n) is 8.83. The molecule has 0 aliphatic carbocycles. The van der Waals surface area contributed by atoms with Crippen LogP contribution < -0.4 is 16.2 Å². The number of rotatable bonds is 8. The van der Waals surface area contributed by atoms with Gasteiger partial charge in [0, 0.05) is 18.1 Å². The van der Waals surface area contributed by atoms with Crippen molar-refractivity contribution < 1.29 is 9.59 Å². The molecule has 0 radical (unpaired) electrons. The third-order valence-electron chi connectivity index (χ3n) is 3.79. The number of nitrogens with zero attached hydrogens (tertiary/aromatic N) is 2. The number of thioether (sulfide) groups is 1. The van der Waals surface area contributed by atoms with E-state index in [0.29, 0.717) is 33.5 Å². The van der Waals surface area contributed by atoms with Gasteiger partial charge in [-0.15, -0.1) is 6.58 Å². The van der Waals surface area contributed by atoms with Gasteiger partial charge in [-0.05, 0) is 30.5 Å². The number of hydrogen-bond acceptors (Lipinski definition) is 5. The van der Waals surface area contributed by atoms with Gasteiger partial charge in [-0.25, -0.2) is 9.78 Å². The van der Waals surface area contributed by atoms with Crippen LogP contribution in [0, 0.1) is 5.92 Å². The Morgan fingerprint density at radius 1 is 1.39 bits per heavy atom. The Labute approximate surface area is 172 Å². The van der Waals surface area contributed by atoms with Crippen molar-refractivity contribution in [2.75, 3.05) is 12.3 Å². The highest BCUT2D eigenvalue weighted by Gasteiger charge is 2.14. The molecule has 0 saturated heterocycles. The molecule has 0 bridgehead atoms. The normalized spacial score (nSPS) is 10.9. The zero-order chi connectivity index (χ0) is 20.7. The summed E-state index contributed by atoms with van der Waals surface area (Å²) in [6, 6.07) is 4.34. The van der Waals surface area contributed by atoms with Gasteiger partial charge in [0.25, 0.3) is 5.56 Å². The maximum Gasteiger partial charge on any atom is 0.321 e. The number of allylic oxidation sites excluding steroid dienone is 1. The van der Waals surface area contributed by atoms with Crippen LogP contribution in [0.2, 0.25) is 5.02 Å². The molecule has 28 heavy (non-hydrogen) atoms. The Hall–Kier alpha value is -2.32. The SMILES string of the molecule is C=CCn1c(SCC(=O)NC(=O)NCCC(C)C)nc2ccc(Cl)cc2c1=O. The monoisotopic (exact) mass is 422 g/mol. The molecular weight excluding hydrogens is 400 g/mol. The lowest BCUT2D eigenvalue weighted by Gasteiger charge is -2.12. The van der Waals surface area contributed by atoms with Crippen LogP contribution in [0.15, 0.2) is 40.8 Å². The van der Waals surface area contributed by atoms with Gasteiger partial charge in [-0.2, -0.15) is 0 Å². The molecule has 0 aliphatic heterocycles. The number of aromatic nitrogens is 2. The van der Waals surface area contributed by atoms with Crippen LogP contribution in [0.5, 0.6) is 0 Å². The topological polar surface area (TPSA) is 93.1 Å². The fourth-order valence-corrected chi connectivity index (χ4v) is 3.37. The minimum absolute atomic E-state index is 0.0553. The molecule has 1 heterocycles. The second kappa shape index (κ2) is 10.3. The number of hydrogen-bond donors (Lipinski definition) is 2. The number of imide groups is 1. The number of carbonyl (C=O) groups is 2. The molecule has 150 valence electrons. The van der Waals surface area contributed by atoms with E-state index in [1.54, 1.807) is 24.3 Å². The number of benzene rings is 1. The van der Waals surface area contributed by atoms with Crippen molar-refractivity contribution >= 4 is 46.2 Å². The fourth-order valence-electron chi connectivity index (χ4n) is 2.38. The van der Waals surface area contributed by atoms with Gasteiger partial charge in [0.15, 0.2) is 5.16 Å². The van der Waals surface area contributed by atoms with E-state index >= 15 is 0 Å². The Morgan fingerprint density at radius 3 is 2.82 bits per heavy atom. The average Bonchev–Trinajstić information content (AvgIpc) is 2.63. The summed E-state index contributed by atoms with van der Waals surface area (Å²) in [4.78, 5) is 40.9. The number of fused-ring (bicyclic) bond motifs is 1. The highest BCUT2D eigenvalue weighted by atomic mass is 35.5. The van der Waals surface area contributed by atoms with E-state index in [0.717, 1.165) is 18.2 Å². The molecule has 2 aromatic rings. The Bertz CT molecular complexity index is 943. The summed E-state index contributed by atoms with van der Waals surface area (Å²) in [6.07, 6.45) is 2.40. The molecule has 2 rings (SSSR count). The molecule has 2 N–H and O–H groups in total. The van der Waals surface area contributed by atoms with Gasteiger partial charge in [-0.3, -0.25) is 19.5 Å². The summed E-state index contributed by atoms with van der Waals surface area (Å²) in [5.74, 6) is -0.0649. The first-order valence-corrected chi connectivity index (χ1v) is 10.2. The second-order valence-electron chi connectivity index (χ2n) is 6.54.